The normalized spacial score (nSPS) is 11.7. The van der Waals surface area contributed by atoms with Crippen LogP contribution in [0.25, 0.3) is 16.7 Å². The maximum atomic E-state index is 13.2. The van der Waals surface area contributed by atoms with Crippen molar-refractivity contribution in [1.29, 1.82) is 0 Å². The Bertz CT molecular complexity index is 1380. The van der Waals surface area contributed by atoms with Crippen LogP contribution in [0.2, 0.25) is 0 Å². The first-order chi connectivity index (χ1) is 16.8. The largest absolute Gasteiger partial charge is 0.379 e. The summed E-state index contributed by atoms with van der Waals surface area (Å²) in [5.41, 5.74) is 2.60. The van der Waals surface area contributed by atoms with Gasteiger partial charge in [0.25, 0.3) is 5.56 Å². The van der Waals surface area contributed by atoms with E-state index in [1.54, 1.807) is 10.6 Å². The van der Waals surface area contributed by atoms with E-state index in [-0.39, 0.29) is 23.3 Å². The number of fused-ring (bicyclic) bond motifs is 3. The third-order valence-electron chi connectivity index (χ3n) is 5.65. The van der Waals surface area contributed by atoms with Gasteiger partial charge in [-0.2, -0.15) is 0 Å². The zero-order valence-corrected chi connectivity index (χ0v) is 21.3. The van der Waals surface area contributed by atoms with Gasteiger partial charge in [-0.05, 0) is 56.0 Å². The van der Waals surface area contributed by atoms with Crippen molar-refractivity contribution in [2.75, 3.05) is 17.7 Å². The Balaban J connectivity index is 1.55. The Kier molecular flexibility index (Phi) is 7.87. The van der Waals surface area contributed by atoms with Gasteiger partial charge in [-0.1, -0.05) is 49.9 Å². The number of anilines is 1. The van der Waals surface area contributed by atoms with Crippen molar-refractivity contribution >= 4 is 40.0 Å². The lowest BCUT2D eigenvalue weighted by molar-refractivity contribution is -0.113. The quantitative estimate of drug-likeness (QED) is 0.254. The van der Waals surface area contributed by atoms with Gasteiger partial charge in [0.2, 0.25) is 11.7 Å². The molecule has 0 spiro atoms. The summed E-state index contributed by atoms with van der Waals surface area (Å²) in [5.74, 6) is 0.937. The first kappa shape index (κ1) is 24.9. The lowest BCUT2D eigenvalue weighted by atomic mass is 10.0. The Morgan fingerprint density at radius 3 is 2.51 bits per heavy atom. The van der Waals surface area contributed by atoms with E-state index < -0.39 is 0 Å². The van der Waals surface area contributed by atoms with E-state index in [9.17, 15) is 9.59 Å². The molecule has 0 unspecified atom stereocenters. The van der Waals surface area contributed by atoms with Gasteiger partial charge >= 0.3 is 0 Å². The molecular formula is C26H31N5O3S. The van der Waals surface area contributed by atoms with Crippen LogP contribution >= 0.6 is 11.8 Å². The fourth-order valence-corrected chi connectivity index (χ4v) is 4.59. The number of nitrogens with zero attached hydrogens (tertiary/aromatic N) is 4. The number of para-hydroxylation sites is 1. The predicted octanol–water partition coefficient (Wildman–Crippen LogP) is 4.71. The average molecular weight is 494 g/mol. The van der Waals surface area contributed by atoms with Crippen molar-refractivity contribution < 1.29 is 9.53 Å². The molecule has 1 N–H and O–H groups in total. The summed E-state index contributed by atoms with van der Waals surface area (Å²) in [7, 11) is 0. The first-order valence-electron chi connectivity index (χ1n) is 11.9. The van der Waals surface area contributed by atoms with Gasteiger partial charge in [-0.25, -0.2) is 0 Å². The molecule has 4 aromatic rings. The number of aromatic nitrogens is 4. The number of carbonyl (C=O) groups excluding carboxylic acids is 1. The fraction of sp³-hybridized carbons (Fsp3) is 0.385. The van der Waals surface area contributed by atoms with Gasteiger partial charge in [-0.15, -0.1) is 10.2 Å². The molecule has 0 saturated carbocycles. The molecule has 0 aliphatic rings. The van der Waals surface area contributed by atoms with Crippen LogP contribution in [0.3, 0.4) is 0 Å². The Hall–Kier alpha value is -3.17. The molecule has 0 radical (unpaired) electrons. The van der Waals surface area contributed by atoms with Gasteiger partial charge in [-0.3, -0.25) is 18.6 Å². The van der Waals surface area contributed by atoms with E-state index in [2.05, 4.69) is 29.4 Å². The lowest BCUT2D eigenvalue weighted by Crippen LogP contribution is -2.24. The lowest BCUT2D eigenvalue weighted by Gasteiger charge is -2.12. The number of ether oxygens (including phenoxy) is 1. The summed E-state index contributed by atoms with van der Waals surface area (Å²) in [6.45, 7) is 9.26. The van der Waals surface area contributed by atoms with Crippen molar-refractivity contribution in [3.63, 3.8) is 0 Å². The van der Waals surface area contributed by atoms with Gasteiger partial charge < -0.3 is 10.1 Å². The molecule has 8 nitrogen and oxygen atoms in total. The second-order valence-corrected chi connectivity index (χ2v) is 9.92. The second kappa shape index (κ2) is 11.0. The summed E-state index contributed by atoms with van der Waals surface area (Å²) in [4.78, 5) is 25.8. The number of hydrogen-bond donors (Lipinski definition) is 1. The van der Waals surface area contributed by atoms with Crippen LogP contribution in [0.5, 0.6) is 0 Å². The van der Waals surface area contributed by atoms with Crippen molar-refractivity contribution in [3.8, 4) is 0 Å². The van der Waals surface area contributed by atoms with Gasteiger partial charge in [0.05, 0.1) is 22.8 Å². The maximum Gasteiger partial charge on any atom is 0.262 e. The van der Waals surface area contributed by atoms with Crippen LogP contribution in [-0.2, 0) is 16.1 Å². The number of benzene rings is 2. The molecule has 2 aromatic carbocycles. The van der Waals surface area contributed by atoms with Crippen LogP contribution in [0.1, 0.15) is 45.6 Å². The monoisotopic (exact) mass is 493 g/mol. The minimum atomic E-state index is -0.132. The summed E-state index contributed by atoms with van der Waals surface area (Å²) < 4.78 is 9.13. The molecule has 2 heterocycles. The third kappa shape index (κ3) is 5.74. The third-order valence-corrected chi connectivity index (χ3v) is 6.58. The number of aryl methyl sites for hydroxylation is 1. The Morgan fingerprint density at radius 2 is 1.80 bits per heavy atom. The standard InChI is InChI=1S/C26H31N5O3S/c1-17(2)19-10-12-20(13-11-19)27-23(32)16-35-26-29-28-25-30(14-7-15-34-18(3)4)24(33)21-8-5-6-9-22(21)31(25)26/h5-6,8-13,17-18H,7,14-16H2,1-4H3,(H,27,32). The smallest absolute Gasteiger partial charge is 0.262 e. The first-order valence-corrected chi connectivity index (χ1v) is 12.8. The summed E-state index contributed by atoms with van der Waals surface area (Å²) in [5, 5.41) is 12.7. The predicted molar refractivity (Wildman–Crippen MR) is 140 cm³/mol. The highest BCUT2D eigenvalue weighted by atomic mass is 32.2. The van der Waals surface area contributed by atoms with E-state index in [4.69, 9.17) is 4.74 Å². The molecule has 0 atom stereocenters. The van der Waals surface area contributed by atoms with Crippen LogP contribution in [0, 0.1) is 0 Å². The molecule has 0 aliphatic carbocycles. The minimum Gasteiger partial charge on any atom is -0.379 e. The van der Waals surface area contributed by atoms with E-state index in [0.29, 0.717) is 41.8 Å². The van der Waals surface area contributed by atoms with Gasteiger partial charge in [0.15, 0.2) is 5.16 Å². The molecule has 184 valence electrons. The molecule has 2 aromatic heterocycles. The van der Waals surface area contributed by atoms with E-state index in [1.807, 2.05) is 60.7 Å². The molecule has 0 aliphatic heterocycles. The Labute approximate surface area is 208 Å². The van der Waals surface area contributed by atoms with Gasteiger partial charge in [0.1, 0.15) is 0 Å². The summed E-state index contributed by atoms with van der Waals surface area (Å²) in [6, 6.07) is 15.3. The number of amides is 1. The number of rotatable bonds is 10. The van der Waals surface area contributed by atoms with Crippen LogP contribution < -0.4 is 10.9 Å². The van der Waals surface area contributed by atoms with Crippen LogP contribution in [0.15, 0.2) is 58.5 Å². The SMILES string of the molecule is CC(C)OCCCn1c(=O)c2ccccc2n2c(SCC(=O)Nc3ccc(C(C)C)cc3)nnc12. The van der Waals surface area contributed by atoms with Crippen LogP contribution in [-0.4, -0.2) is 43.5 Å². The maximum absolute atomic E-state index is 13.2. The van der Waals surface area contributed by atoms with E-state index in [0.717, 1.165) is 11.2 Å². The molecule has 0 saturated heterocycles. The fourth-order valence-electron chi connectivity index (χ4n) is 3.85. The molecule has 4 rings (SSSR count). The molecule has 1 amide bonds. The van der Waals surface area contributed by atoms with Crippen molar-refractivity contribution in [2.24, 2.45) is 0 Å². The zero-order chi connectivity index (χ0) is 24.9. The minimum absolute atomic E-state index is 0.107. The summed E-state index contributed by atoms with van der Waals surface area (Å²) in [6.07, 6.45) is 0.818. The van der Waals surface area contributed by atoms with E-state index in [1.165, 1.54) is 17.3 Å². The molecule has 0 fully saturated rings. The number of nitrogens with one attached hydrogen (secondary N) is 1. The summed E-state index contributed by atoms with van der Waals surface area (Å²) >= 11 is 1.29. The zero-order valence-electron chi connectivity index (χ0n) is 20.5. The molecule has 0 bridgehead atoms. The number of carbonyl (C=O) groups is 1. The average Bonchev–Trinajstić information content (AvgIpc) is 3.26. The van der Waals surface area contributed by atoms with Crippen molar-refractivity contribution in [3.05, 3.63) is 64.4 Å². The highest BCUT2D eigenvalue weighted by molar-refractivity contribution is 7.99. The highest BCUT2D eigenvalue weighted by Crippen LogP contribution is 2.22. The second-order valence-electron chi connectivity index (χ2n) is 8.98. The Morgan fingerprint density at radius 1 is 1.06 bits per heavy atom. The van der Waals surface area contributed by atoms with Crippen LogP contribution in [0.4, 0.5) is 5.69 Å². The van der Waals surface area contributed by atoms with Gasteiger partial charge in [0, 0.05) is 18.8 Å². The number of hydrogen-bond acceptors (Lipinski definition) is 6. The molecule has 9 heteroatoms. The van der Waals surface area contributed by atoms with Crippen molar-refractivity contribution in [1.82, 2.24) is 19.2 Å². The molecule has 35 heavy (non-hydrogen) atoms. The van der Waals surface area contributed by atoms with E-state index >= 15 is 0 Å². The molecular weight excluding hydrogens is 462 g/mol. The topological polar surface area (TPSA) is 90.5 Å². The highest BCUT2D eigenvalue weighted by Gasteiger charge is 2.17. The van der Waals surface area contributed by atoms with Crippen molar-refractivity contribution in [2.45, 2.75) is 57.8 Å². The number of thioether (sulfide) groups is 1.